The first-order chi connectivity index (χ1) is 6.46. The van der Waals surface area contributed by atoms with Crippen LogP contribution in [-0.2, 0) is 23.8 Å². The second-order valence-corrected chi connectivity index (χ2v) is 3.31. The lowest BCUT2D eigenvalue weighted by Gasteiger charge is -2.00. The molecule has 1 radical (unpaired) electrons. The molecule has 8 heteroatoms. The molecule has 1 unspecified atom stereocenters. The average molecular weight is 225 g/mol. The summed E-state index contributed by atoms with van der Waals surface area (Å²) in [4.78, 5) is 0. The lowest BCUT2D eigenvalue weighted by Crippen LogP contribution is -2.23. The van der Waals surface area contributed by atoms with Gasteiger partial charge >= 0.3 is 10.8 Å². The Morgan fingerprint density at radius 1 is 1.29 bits per heavy atom. The molecule has 1 aromatic rings. The fourth-order valence-electron chi connectivity index (χ4n) is 0.684. The lowest BCUT2D eigenvalue weighted by atomic mass is 10.3. The van der Waals surface area contributed by atoms with Gasteiger partial charge in [-0.1, -0.05) is 6.07 Å². The van der Waals surface area contributed by atoms with E-state index in [2.05, 4.69) is 14.4 Å². The van der Waals surface area contributed by atoms with E-state index < -0.39 is 28.2 Å². The molecule has 1 rings (SSSR count). The van der Waals surface area contributed by atoms with Gasteiger partial charge in [-0.05, 0) is 16.4 Å². The molecular weight excluding hydrogens is 220 g/mol. The Kier molecular flexibility index (Phi) is 3.11. The van der Waals surface area contributed by atoms with E-state index in [0.29, 0.717) is 0 Å². The molecule has 0 fully saturated rings. The number of hydrogen-bond donors (Lipinski definition) is 1. The van der Waals surface area contributed by atoms with Gasteiger partial charge in [-0.3, -0.25) is 0 Å². The van der Waals surface area contributed by atoms with Crippen LogP contribution in [0.3, 0.4) is 0 Å². The van der Waals surface area contributed by atoms with Crippen molar-refractivity contribution in [3.63, 3.8) is 0 Å². The molecule has 0 saturated carbocycles. The summed E-state index contributed by atoms with van der Waals surface area (Å²) < 4.78 is 54.0. The van der Waals surface area contributed by atoms with Crippen LogP contribution in [0, 0.1) is 11.6 Å². The molecule has 5 nitrogen and oxygen atoms in total. The highest BCUT2D eigenvalue weighted by Crippen LogP contribution is 2.24. The molecule has 0 saturated heterocycles. The zero-order chi connectivity index (χ0) is 10.8. The van der Waals surface area contributed by atoms with Gasteiger partial charge in [0, 0.05) is 4.21 Å². The molecule has 0 spiro atoms. The number of rotatable bonds is 3. The summed E-state index contributed by atoms with van der Waals surface area (Å²) in [7, 11) is -4.62. The van der Waals surface area contributed by atoms with E-state index in [0.717, 1.165) is 18.2 Å². The molecular formula is C6H5F2NO4S+. The van der Waals surface area contributed by atoms with Crippen LogP contribution in [-0.4, -0.2) is 0 Å². The Labute approximate surface area is 79.0 Å². The third kappa shape index (κ3) is 2.45. The Bertz CT molecular complexity index is 366. The highest BCUT2D eigenvalue weighted by Gasteiger charge is 2.37. The maximum atomic E-state index is 12.8. The van der Waals surface area contributed by atoms with Crippen LogP contribution < -0.4 is 10.1 Å². The maximum Gasteiger partial charge on any atom is 0.608 e. The number of benzene rings is 1. The molecule has 0 aliphatic carbocycles. The highest BCUT2D eigenvalue weighted by molar-refractivity contribution is 7.88. The molecule has 77 valence electrons. The average Bonchev–Trinajstić information content (AvgIpc) is 2.12. The Hall–Kier alpha value is -1.09. The quantitative estimate of drug-likeness (QED) is 0.612. The third-order valence-corrected chi connectivity index (χ3v) is 1.83. The van der Waals surface area contributed by atoms with Crippen LogP contribution in [0.15, 0.2) is 18.2 Å². The third-order valence-electron chi connectivity index (χ3n) is 1.22. The number of nitrogens with two attached hydrogens (primary N) is 1. The van der Waals surface area contributed by atoms with Crippen molar-refractivity contribution < 1.29 is 26.0 Å². The van der Waals surface area contributed by atoms with Crippen molar-refractivity contribution in [2.24, 2.45) is 5.90 Å². The van der Waals surface area contributed by atoms with E-state index in [9.17, 15) is 17.5 Å². The van der Waals surface area contributed by atoms with Gasteiger partial charge in [0.05, 0.1) is 0 Å². The summed E-state index contributed by atoms with van der Waals surface area (Å²) in [5, 5.41) is 0. The zero-order valence-corrected chi connectivity index (χ0v) is 7.42. The Morgan fingerprint density at radius 3 is 2.21 bits per heavy atom. The van der Waals surface area contributed by atoms with Gasteiger partial charge in [0.2, 0.25) is 0 Å². The Balaban J connectivity index is 3.03. The van der Waals surface area contributed by atoms with Gasteiger partial charge in [-0.25, -0.2) is 13.0 Å². The van der Waals surface area contributed by atoms with Crippen LogP contribution in [0.5, 0.6) is 5.75 Å². The summed E-state index contributed by atoms with van der Waals surface area (Å²) in [6.07, 6.45) is 0. The van der Waals surface area contributed by atoms with E-state index in [1.165, 1.54) is 0 Å². The minimum atomic E-state index is -4.62. The molecule has 0 aliphatic rings. The van der Waals surface area contributed by atoms with Crippen molar-refractivity contribution in [2.75, 3.05) is 0 Å². The molecule has 14 heavy (non-hydrogen) atoms. The van der Waals surface area contributed by atoms with E-state index >= 15 is 0 Å². The van der Waals surface area contributed by atoms with Crippen molar-refractivity contribution in [1.82, 2.24) is 0 Å². The predicted octanol–water partition coefficient (Wildman–Crippen LogP) is 0.909. The molecule has 0 amide bonds. The molecule has 0 aliphatic heterocycles. The fraction of sp³-hybridized carbons (Fsp3) is 0. The van der Waals surface area contributed by atoms with Crippen molar-refractivity contribution >= 4 is 10.8 Å². The summed E-state index contributed by atoms with van der Waals surface area (Å²) in [5.41, 5.74) is 0. The largest absolute Gasteiger partial charge is 0.608 e. The smallest absolute Gasteiger partial charge is 0.215 e. The summed E-state index contributed by atoms with van der Waals surface area (Å²) >= 11 is 0. The van der Waals surface area contributed by atoms with Crippen LogP contribution in [0.2, 0.25) is 0 Å². The SMILES string of the molecule is NO[S+]([O])(=O)Oc1c(F)cccc1F. The molecule has 2 N–H and O–H groups in total. The molecule has 0 aromatic heterocycles. The number of para-hydroxylation sites is 1. The number of halogens is 2. The van der Waals surface area contributed by atoms with Gasteiger partial charge in [0.1, 0.15) is 4.55 Å². The van der Waals surface area contributed by atoms with E-state index in [4.69, 9.17) is 0 Å². The molecule has 0 heterocycles. The standard InChI is InChI=1S/C6H5F2NO4S/c7-4-2-1-3-5(8)6(4)12-14(10,11)13-9/h1-3H,9H2/q+1. The monoisotopic (exact) mass is 225 g/mol. The fourth-order valence-corrected chi connectivity index (χ4v) is 1.09. The normalized spacial score (nSPS) is 14.9. The minimum absolute atomic E-state index is 0.824. The topological polar surface area (TPSA) is 81.5 Å². The number of hydrogen-bond acceptors (Lipinski definition) is 4. The predicted molar refractivity (Wildman–Crippen MR) is 41.0 cm³/mol. The van der Waals surface area contributed by atoms with Gasteiger partial charge in [0.25, 0.3) is 5.75 Å². The first kappa shape index (κ1) is 11.0. The van der Waals surface area contributed by atoms with Crippen molar-refractivity contribution in [2.45, 2.75) is 0 Å². The molecule has 0 bridgehead atoms. The molecule has 1 atom stereocenters. The minimum Gasteiger partial charge on any atom is -0.215 e. The zero-order valence-electron chi connectivity index (χ0n) is 6.61. The first-order valence-electron chi connectivity index (χ1n) is 3.23. The van der Waals surface area contributed by atoms with E-state index in [1.54, 1.807) is 0 Å². The second-order valence-electron chi connectivity index (χ2n) is 2.14. The van der Waals surface area contributed by atoms with Gasteiger partial charge in [0.15, 0.2) is 11.6 Å². The summed E-state index contributed by atoms with van der Waals surface area (Å²) in [5.74, 6) is 0.860. The second kappa shape index (κ2) is 3.96. The van der Waals surface area contributed by atoms with Crippen molar-refractivity contribution in [1.29, 1.82) is 0 Å². The maximum absolute atomic E-state index is 12.8. The van der Waals surface area contributed by atoms with Gasteiger partial charge in [-0.15, -0.1) is 0 Å². The van der Waals surface area contributed by atoms with Crippen LogP contribution in [0.1, 0.15) is 0 Å². The lowest BCUT2D eigenvalue weighted by molar-refractivity contribution is 0.202. The van der Waals surface area contributed by atoms with Crippen molar-refractivity contribution in [3.8, 4) is 5.75 Å². The summed E-state index contributed by atoms with van der Waals surface area (Å²) in [6.45, 7) is 0. The van der Waals surface area contributed by atoms with Gasteiger partial charge < -0.3 is 0 Å². The van der Waals surface area contributed by atoms with E-state index in [1.807, 2.05) is 0 Å². The Morgan fingerprint density at radius 2 is 1.79 bits per heavy atom. The first-order valence-corrected chi connectivity index (χ1v) is 4.56. The molecule has 1 aromatic carbocycles. The summed E-state index contributed by atoms with van der Waals surface area (Å²) in [6, 6.07) is 2.70. The van der Waals surface area contributed by atoms with Crippen molar-refractivity contribution in [3.05, 3.63) is 29.8 Å². The van der Waals surface area contributed by atoms with E-state index in [-0.39, 0.29) is 0 Å². The van der Waals surface area contributed by atoms with Gasteiger partial charge in [-0.2, -0.15) is 5.90 Å². The van der Waals surface area contributed by atoms with Crippen LogP contribution >= 0.6 is 0 Å². The van der Waals surface area contributed by atoms with Crippen LogP contribution in [0.4, 0.5) is 8.78 Å². The van der Waals surface area contributed by atoms with Crippen LogP contribution in [0.25, 0.3) is 0 Å². The highest BCUT2D eigenvalue weighted by atomic mass is 32.3.